The summed E-state index contributed by atoms with van der Waals surface area (Å²) >= 11 is 7.75. The minimum absolute atomic E-state index is 0.272. The van der Waals surface area contributed by atoms with Gasteiger partial charge in [-0.25, -0.2) is 4.98 Å². The normalized spacial score (nSPS) is 14.6. The Balaban J connectivity index is 1.20. The number of nitrogens with zero attached hydrogens (tertiary/aromatic N) is 3. The van der Waals surface area contributed by atoms with Crippen LogP contribution in [0.25, 0.3) is 0 Å². The van der Waals surface area contributed by atoms with Crippen LogP contribution in [0.4, 0.5) is 5.69 Å². The molecule has 1 atom stereocenters. The standard InChI is InChI=1S/C25H27ClN4O3S/c26-20-8-4-5-9-21(20)29-10-12-30(13-11-29)25(33)22(31)15-23(32)27-16-24-28-19(17-34-24)14-18-6-2-1-3-7-18/h1-9,17,22,31H,10-16H2,(H,27,32)/t22-/m1/s1. The molecule has 3 aromatic rings. The molecule has 0 bridgehead atoms. The third kappa shape index (κ3) is 6.34. The van der Waals surface area contributed by atoms with Gasteiger partial charge in [0.1, 0.15) is 11.1 Å². The summed E-state index contributed by atoms with van der Waals surface area (Å²) in [6.45, 7) is 2.43. The summed E-state index contributed by atoms with van der Waals surface area (Å²) in [7, 11) is 0. The lowest BCUT2D eigenvalue weighted by Crippen LogP contribution is -2.52. The van der Waals surface area contributed by atoms with Crippen molar-refractivity contribution in [3.8, 4) is 0 Å². The zero-order chi connectivity index (χ0) is 23.9. The fourth-order valence-corrected chi connectivity index (χ4v) is 4.90. The van der Waals surface area contributed by atoms with Gasteiger partial charge in [0.25, 0.3) is 5.91 Å². The van der Waals surface area contributed by atoms with Crippen LogP contribution >= 0.6 is 22.9 Å². The van der Waals surface area contributed by atoms with Crippen LogP contribution in [0, 0.1) is 0 Å². The molecule has 1 aliphatic heterocycles. The molecule has 1 fully saturated rings. The van der Waals surface area contributed by atoms with Gasteiger partial charge in [0.05, 0.1) is 29.4 Å². The summed E-state index contributed by atoms with van der Waals surface area (Å²) in [5.74, 6) is -0.802. The second-order valence-corrected chi connectivity index (χ2v) is 9.51. The van der Waals surface area contributed by atoms with Gasteiger partial charge < -0.3 is 20.2 Å². The quantitative estimate of drug-likeness (QED) is 0.498. The monoisotopic (exact) mass is 498 g/mol. The molecular weight excluding hydrogens is 472 g/mol. The van der Waals surface area contributed by atoms with E-state index in [1.165, 1.54) is 16.9 Å². The largest absolute Gasteiger partial charge is 0.383 e. The predicted molar refractivity (Wildman–Crippen MR) is 134 cm³/mol. The molecule has 2 heterocycles. The first-order valence-electron chi connectivity index (χ1n) is 11.2. The Bertz CT molecular complexity index is 1120. The zero-order valence-electron chi connectivity index (χ0n) is 18.7. The molecule has 7 nitrogen and oxygen atoms in total. The lowest BCUT2D eigenvalue weighted by atomic mass is 10.1. The Morgan fingerprint density at radius 2 is 1.76 bits per heavy atom. The van der Waals surface area contributed by atoms with Crippen LogP contribution in [0.15, 0.2) is 60.0 Å². The Morgan fingerprint density at radius 3 is 2.50 bits per heavy atom. The van der Waals surface area contributed by atoms with Crippen LogP contribution < -0.4 is 10.2 Å². The molecular formula is C25H27ClN4O3S. The second-order valence-electron chi connectivity index (χ2n) is 8.16. The van der Waals surface area contributed by atoms with Gasteiger partial charge in [0.15, 0.2) is 0 Å². The third-order valence-corrected chi connectivity index (χ3v) is 6.93. The van der Waals surface area contributed by atoms with E-state index in [1.807, 2.05) is 47.8 Å². The molecule has 2 amide bonds. The number of aromatic nitrogens is 1. The van der Waals surface area contributed by atoms with Crippen LogP contribution in [-0.4, -0.2) is 59.1 Å². The molecule has 2 aromatic carbocycles. The van der Waals surface area contributed by atoms with Crippen LogP contribution in [0.3, 0.4) is 0 Å². The molecule has 34 heavy (non-hydrogen) atoms. The fourth-order valence-electron chi connectivity index (χ4n) is 3.91. The Hall–Kier alpha value is -2.94. The van der Waals surface area contributed by atoms with Gasteiger partial charge in [-0.1, -0.05) is 54.1 Å². The van der Waals surface area contributed by atoms with Gasteiger partial charge >= 0.3 is 0 Å². The van der Waals surface area contributed by atoms with Crippen molar-refractivity contribution in [1.82, 2.24) is 15.2 Å². The van der Waals surface area contributed by atoms with Gasteiger partial charge in [0.2, 0.25) is 5.91 Å². The molecule has 178 valence electrons. The van der Waals surface area contributed by atoms with E-state index in [-0.39, 0.29) is 18.9 Å². The fraction of sp³-hybridized carbons (Fsp3) is 0.320. The van der Waals surface area contributed by atoms with Crippen molar-refractivity contribution in [3.05, 3.63) is 81.3 Å². The van der Waals surface area contributed by atoms with Crippen molar-refractivity contribution in [2.45, 2.75) is 25.5 Å². The number of piperazine rings is 1. The number of hydrogen-bond acceptors (Lipinski definition) is 6. The number of aliphatic hydroxyl groups is 1. The maximum absolute atomic E-state index is 12.6. The van der Waals surface area contributed by atoms with Crippen molar-refractivity contribution < 1.29 is 14.7 Å². The molecule has 0 aliphatic carbocycles. The summed E-state index contributed by atoms with van der Waals surface area (Å²) in [6.07, 6.45) is -0.898. The van der Waals surface area contributed by atoms with E-state index in [0.717, 1.165) is 22.8 Å². The highest BCUT2D eigenvalue weighted by atomic mass is 35.5. The van der Waals surface area contributed by atoms with Crippen molar-refractivity contribution in [2.75, 3.05) is 31.1 Å². The van der Waals surface area contributed by atoms with Crippen molar-refractivity contribution in [1.29, 1.82) is 0 Å². The Labute approximate surface area is 208 Å². The predicted octanol–water partition coefficient (Wildman–Crippen LogP) is 3.10. The molecule has 1 aromatic heterocycles. The molecule has 0 spiro atoms. The van der Waals surface area contributed by atoms with Crippen LogP contribution in [0.2, 0.25) is 5.02 Å². The number of carbonyl (C=O) groups excluding carboxylic acids is 2. The lowest BCUT2D eigenvalue weighted by molar-refractivity contribution is -0.143. The number of aliphatic hydroxyl groups excluding tert-OH is 1. The molecule has 0 radical (unpaired) electrons. The maximum atomic E-state index is 12.6. The Morgan fingerprint density at radius 1 is 1.06 bits per heavy atom. The first kappa shape index (κ1) is 24.2. The average Bonchev–Trinajstić information content (AvgIpc) is 3.30. The first-order valence-corrected chi connectivity index (χ1v) is 12.5. The van der Waals surface area contributed by atoms with E-state index in [2.05, 4.69) is 27.3 Å². The van der Waals surface area contributed by atoms with Gasteiger partial charge in [-0.05, 0) is 17.7 Å². The summed E-state index contributed by atoms with van der Waals surface area (Å²) in [6, 6.07) is 17.7. The van der Waals surface area contributed by atoms with Crippen LogP contribution in [0.5, 0.6) is 0 Å². The number of halogens is 1. The molecule has 9 heteroatoms. The van der Waals surface area contributed by atoms with Gasteiger partial charge in [0, 0.05) is 38.0 Å². The summed E-state index contributed by atoms with van der Waals surface area (Å²) < 4.78 is 0. The highest BCUT2D eigenvalue weighted by Gasteiger charge is 2.28. The van der Waals surface area contributed by atoms with Gasteiger partial charge in [-0.3, -0.25) is 9.59 Å². The number of hydrogen-bond donors (Lipinski definition) is 2. The van der Waals surface area contributed by atoms with E-state index in [1.54, 1.807) is 4.90 Å². The number of amides is 2. The molecule has 1 aliphatic rings. The number of rotatable bonds is 8. The van der Waals surface area contributed by atoms with E-state index >= 15 is 0 Å². The third-order valence-electron chi connectivity index (χ3n) is 5.71. The minimum atomic E-state index is -1.36. The van der Waals surface area contributed by atoms with Gasteiger partial charge in [-0.15, -0.1) is 11.3 Å². The van der Waals surface area contributed by atoms with Crippen molar-refractivity contribution in [3.63, 3.8) is 0 Å². The van der Waals surface area contributed by atoms with E-state index in [0.29, 0.717) is 31.2 Å². The summed E-state index contributed by atoms with van der Waals surface area (Å²) in [5.41, 5.74) is 3.06. The maximum Gasteiger partial charge on any atom is 0.252 e. The molecule has 0 unspecified atom stereocenters. The zero-order valence-corrected chi connectivity index (χ0v) is 20.3. The molecule has 2 N–H and O–H groups in total. The number of nitrogens with one attached hydrogen (secondary N) is 1. The molecule has 0 saturated carbocycles. The van der Waals surface area contributed by atoms with Crippen LogP contribution in [0.1, 0.15) is 22.7 Å². The molecule has 1 saturated heterocycles. The average molecular weight is 499 g/mol. The second kappa shape index (κ2) is 11.5. The Kier molecular flexibility index (Phi) is 8.16. The summed E-state index contributed by atoms with van der Waals surface area (Å²) in [4.78, 5) is 33.2. The molecule has 4 rings (SSSR count). The summed E-state index contributed by atoms with van der Waals surface area (Å²) in [5, 5.41) is 16.5. The van der Waals surface area contributed by atoms with E-state index < -0.39 is 12.0 Å². The SMILES string of the molecule is O=C(C[C@@H](O)C(=O)N1CCN(c2ccccc2Cl)CC1)NCc1nc(Cc2ccccc2)cs1. The highest BCUT2D eigenvalue weighted by Crippen LogP contribution is 2.26. The van der Waals surface area contributed by atoms with Crippen LogP contribution in [-0.2, 0) is 22.6 Å². The lowest BCUT2D eigenvalue weighted by Gasteiger charge is -2.37. The topological polar surface area (TPSA) is 85.8 Å². The first-order chi connectivity index (χ1) is 16.5. The number of carbonyl (C=O) groups is 2. The number of anilines is 1. The van der Waals surface area contributed by atoms with Gasteiger partial charge in [-0.2, -0.15) is 0 Å². The highest BCUT2D eigenvalue weighted by molar-refractivity contribution is 7.09. The number of thiazole rings is 1. The van der Waals surface area contributed by atoms with E-state index in [4.69, 9.17) is 11.6 Å². The number of para-hydroxylation sites is 1. The van der Waals surface area contributed by atoms with Crippen molar-refractivity contribution in [2.24, 2.45) is 0 Å². The van der Waals surface area contributed by atoms with E-state index in [9.17, 15) is 14.7 Å². The number of benzene rings is 2. The smallest absolute Gasteiger partial charge is 0.252 e. The van der Waals surface area contributed by atoms with Crippen molar-refractivity contribution >= 4 is 40.4 Å². The minimum Gasteiger partial charge on any atom is -0.383 e.